The Kier molecular flexibility index (Phi) is 3.61. The average Bonchev–Trinajstić information content (AvgIpc) is 2.01. The lowest BCUT2D eigenvalue weighted by atomic mass is 10.4. The second kappa shape index (κ2) is 4.32. The molecule has 0 radical (unpaired) electrons. The van der Waals surface area contributed by atoms with Gasteiger partial charge in [-0.3, -0.25) is 0 Å². The molecule has 72 valence electrons. The van der Waals surface area contributed by atoms with Gasteiger partial charge in [-0.1, -0.05) is 23.7 Å². The normalized spacial score (nSPS) is 11.5. The summed E-state index contributed by atoms with van der Waals surface area (Å²) < 4.78 is 21.3. The first kappa shape index (κ1) is 10.8. The number of hydrogen-bond acceptors (Lipinski definition) is 3. The van der Waals surface area contributed by atoms with Crippen molar-refractivity contribution in [1.82, 2.24) is 0 Å². The zero-order valence-corrected chi connectivity index (χ0v) is 8.99. The third-order valence-electron chi connectivity index (χ3n) is 1.22. The van der Waals surface area contributed by atoms with E-state index in [9.17, 15) is 8.42 Å². The van der Waals surface area contributed by atoms with Crippen molar-refractivity contribution in [2.75, 3.05) is 5.08 Å². The van der Waals surface area contributed by atoms with Crippen LogP contribution in [0.4, 0.5) is 0 Å². The molecule has 6 heteroatoms. The van der Waals surface area contributed by atoms with E-state index in [-0.39, 0.29) is 5.08 Å². The Hall–Kier alpha value is -0.230. The van der Waals surface area contributed by atoms with Gasteiger partial charge in [0, 0.05) is 4.90 Å². The number of thioether (sulfide) groups is 1. The highest BCUT2D eigenvalue weighted by Gasteiger charge is 2.05. The number of nitrogens with two attached hydrogens (primary N) is 1. The van der Waals surface area contributed by atoms with E-state index in [4.69, 9.17) is 16.7 Å². The second-order valence-electron chi connectivity index (χ2n) is 2.36. The molecule has 13 heavy (non-hydrogen) atoms. The Morgan fingerprint density at radius 1 is 1.38 bits per heavy atom. The Morgan fingerprint density at radius 3 is 2.54 bits per heavy atom. The molecule has 0 saturated carbocycles. The number of benzene rings is 1. The van der Waals surface area contributed by atoms with Crippen LogP contribution in [-0.4, -0.2) is 13.5 Å². The molecule has 1 aromatic carbocycles. The molecule has 3 nitrogen and oxygen atoms in total. The standard InChI is InChI=1S/C7H8ClNO2S2/c8-6-3-1-2-4-7(6)12-5-13(9,10)11/h1-4H,5H2,(H2,9,10,11). The second-order valence-corrected chi connectivity index (χ2v) is 5.76. The van der Waals surface area contributed by atoms with Gasteiger partial charge in [0.1, 0.15) is 5.08 Å². The molecule has 0 bridgehead atoms. The van der Waals surface area contributed by atoms with Crippen LogP contribution >= 0.6 is 23.4 Å². The first-order chi connectivity index (χ1) is 5.99. The molecule has 0 unspecified atom stereocenters. The lowest BCUT2D eigenvalue weighted by Gasteiger charge is -2.01. The van der Waals surface area contributed by atoms with Gasteiger partial charge >= 0.3 is 0 Å². The maximum atomic E-state index is 10.6. The fourth-order valence-electron chi connectivity index (χ4n) is 0.707. The van der Waals surface area contributed by atoms with Crippen LogP contribution in [0.3, 0.4) is 0 Å². The van der Waals surface area contributed by atoms with Gasteiger partial charge in [0.25, 0.3) is 0 Å². The SMILES string of the molecule is NS(=O)(=O)CSc1ccccc1Cl. The molecule has 0 aliphatic carbocycles. The number of sulfonamides is 1. The van der Waals surface area contributed by atoms with E-state index in [2.05, 4.69) is 0 Å². The Balaban J connectivity index is 2.71. The van der Waals surface area contributed by atoms with Crippen molar-refractivity contribution >= 4 is 33.4 Å². The number of hydrogen-bond donors (Lipinski definition) is 1. The van der Waals surface area contributed by atoms with Gasteiger partial charge < -0.3 is 0 Å². The topological polar surface area (TPSA) is 60.2 Å². The van der Waals surface area contributed by atoms with E-state index in [1.807, 2.05) is 0 Å². The van der Waals surface area contributed by atoms with Crippen molar-refractivity contribution < 1.29 is 8.42 Å². The lowest BCUT2D eigenvalue weighted by Crippen LogP contribution is -2.13. The smallest absolute Gasteiger partial charge is 0.218 e. The predicted octanol–water partition coefficient (Wildman–Crippen LogP) is 1.68. The number of primary sulfonamides is 1. The van der Waals surface area contributed by atoms with Crippen LogP contribution in [0, 0.1) is 0 Å². The highest BCUT2D eigenvalue weighted by Crippen LogP contribution is 2.26. The highest BCUT2D eigenvalue weighted by molar-refractivity contribution is 8.11. The fourth-order valence-corrected chi connectivity index (χ4v) is 2.55. The minimum atomic E-state index is -3.43. The third kappa shape index (κ3) is 3.99. The summed E-state index contributed by atoms with van der Waals surface area (Å²) in [6.45, 7) is 0. The Morgan fingerprint density at radius 2 is 2.00 bits per heavy atom. The first-order valence-corrected chi connectivity index (χ1v) is 6.45. The summed E-state index contributed by atoms with van der Waals surface area (Å²) in [5.41, 5.74) is 0. The summed E-state index contributed by atoms with van der Waals surface area (Å²) in [6, 6.07) is 7.02. The largest absolute Gasteiger partial charge is 0.228 e. The molecule has 0 aliphatic rings. The lowest BCUT2D eigenvalue weighted by molar-refractivity contribution is 0.602. The van der Waals surface area contributed by atoms with Crippen LogP contribution in [0.25, 0.3) is 0 Å². The van der Waals surface area contributed by atoms with Crippen molar-refractivity contribution in [3.05, 3.63) is 29.3 Å². The number of rotatable bonds is 3. The maximum absolute atomic E-state index is 10.6. The van der Waals surface area contributed by atoms with Crippen molar-refractivity contribution in [2.45, 2.75) is 4.90 Å². The van der Waals surface area contributed by atoms with Crippen LogP contribution in [0.1, 0.15) is 0 Å². The minimum Gasteiger partial charge on any atom is -0.228 e. The molecule has 0 spiro atoms. The molecular weight excluding hydrogens is 230 g/mol. The van der Waals surface area contributed by atoms with Crippen LogP contribution in [0.2, 0.25) is 5.02 Å². The van der Waals surface area contributed by atoms with E-state index >= 15 is 0 Å². The fraction of sp³-hybridized carbons (Fsp3) is 0.143. The molecule has 0 amide bonds. The van der Waals surface area contributed by atoms with Gasteiger partial charge in [-0.15, -0.1) is 11.8 Å². The average molecular weight is 238 g/mol. The van der Waals surface area contributed by atoms with Crippen molar-refractivity contribution in [3.8, 4) is 0 Å². The van der Waals surface area contributed by atoms with Crippen molar-refractivity contribution in [2.24, 2.45) is 5.14 Å². The summed E-state index contributed by atoms with van der Waals surface area (Å²) in [4.78, 5) is 0.721. The molecule has 0 saturated heterocycles. The summed E-state index contributed by atoms with van der Waals surface area (Å²) in [6.07, 6.45) is 0. The molecule has 0 atom stereocenters. The van der Waals surface area contributed by atoms with Gasteiger partial charge in [0.15, 0.2) is 0 Å². The first-order valence-electron chi connectivity index (χ1n) is 3.37. The molecule has 0 heterocycles. The minimum absolute atomic E-state index is 0.156. The van der Waals surface area contributed by atoms with Gasteiger partial charge in [-0.05, 0) is 12.1 Å². The maximum Gasteiger partial charge on any atom is 0.218 e. The summed E-state index contributed by atoms with van der Waals surface area (Å²) in [5.74, 6) is 0. The van der Waals surface area contributed by atoms with Crippen LogP contribution < -0.4 is 5.14 Å². The third-order valence-corrected chi connectivity index (χ3v) is 4.11. The van der Waals surface area contributed by atoms with Crippen LogP contribution in [0.15, 0.2) is 29.2 Å². The van der Waals surface area contributed by atoms with E-state index in [1.54, 1.807) is 24.3 Å². The van der Waals surface area contributed by atoms with Gasteiger partial charge in [0.2, 0.25) is 10.0 Å². The molecule has 0 fully saturated rings. The predicted molar refractivity (Wildman–Crippen MR) is 55.3 cm³/mol. The summed E-state index contributed by atoms with van der Waals surface area (Å²) in [7, 11) is -3.43. The van der Waals surface area contributed by atoms with Crippen LogP contribution in [-0.2, 0) is 10.0 Å². The van der Waals surface area contributed by atoms with Crippen LogP contribution in [0.5, 0.6) is 0 Å². The van der Waals surface area contributed by atoms with Gasteiger partial charge in [0.05, 0.1) is 5.02 Å². The zero-order chi connectivity index (χ0) is 9.90. The van der Waals surface area contributed by atoms with Crippen molar-refractivity contribution in [1.29, 1.82) is 0 Å². The van der Waals surface area contributed by atoms with Gasteiger partial charge in [-0.2, -0.15) is 0 Å². The van der Waals surface area contributed by atoms with E-state index in [1.165, 1.54) is 0 Å². The Labute approximate surface area is 86.3 Å². The zero-order valence-electron chi connectivity index (χ0n) is 6.60. The van der Waals surface area contributed by atoms with Gasteiger partial charge in [-0.25, -0.2) is 13.6 Å². The molecule has 1 rings (SSSR count). The molecule has 2 N–H and O–H groups in total. The molecular formula is C7H8ClNO2S2. The molecule has 0 aliphatic heterocycles. The number of halogens is 1. The monoisotopic (exact) mass is 237 g/mol. The summed E-state index contributed by atoms with van der Waals surface area (Å²) >= 11 is 6.91. The highest BCUT2D eigenvalue weighted by atomic mass is 35.5. The Bertz CT molecular complexity index is 391. The van der Waals surface area contributed by atoms with E-state index in [0.29, 0.717) is 5.02 Å². The summed E-state index contributed by atoms with van der Waals surface area (Å²) in [5, 5.41) is 5.22. The van der Waals surface area contributed by atoms with E-state index in [0.717, 1.165) is 16.7 Å². The molecule has 1 aromatic rings. The van der Waals surface area contributed by atoms with E-state index < -0.39 is 10.0 Å². The van der Waals surface area contributed by atoms with Crippen molar-refractivity contribution in [3.63, 3.8) is 0 Å². The quantitative estimate of drug-likeness (QED) is 0.814. The molecule has 0 aromatic heterocycles.